The average molecular weight is 1370 g/mol. The van der Waals surface area contributed by atoms with Crippen molar-refractivity contribution >= 4 is 39.5 Å². The summed E-state index contributed by atoms with van der Waals surface area (Å²) in [5.41, 5.74) is 0. The molecule has 4 unspecified atom stereocenters. The van der Waals surface area contributed by atoms with E-state index in [0.717, 1.165) is 115 Å². The Morgan fingerprint density at radius 2 is 0.516 bits per heavy atom. The molecular weight excluding hydrogens is 1220 g/mol. The zero-order valence-corrected chi connectivity index (χ0v) is 62.3. The van der Waals surface area contributed by atoms with E-state index in [1.807, 2.05) is 0 Å². The normalized spacial score (nSPS) is 14.6. The number of hydrogen-bond acceptors (Lipinski definition) is 15. The molecule has 0 aliphatic heterocycles. The number of carbonyl (C=O) groups excluding carboxylic acids is 4. The van der Waals surface area contributed by atoms with Crippen molar-refractivity contribution in [3.63, 3.8) is 0 Å². The van der Waals surface area contributed by atoms with Gasteiger partial charge in [-0.05, 0) is 37.5 Å². The van der Waals surface area contributed by atoms with Crippen LogP contribution in [0.2, 0.25) is 0 Å². The van der Waals surface area contributed by atoms with E-state index in [9.17, 15) is 43.2 Å². The molecule has 0 heterocycles. The second-order valence-corrected chi connectivity index (χ2v) is 30.1. The van der Waals surface area contributed by atoms with E-state index in [-0.39, 0.29) is 25.7 Å². The fourth-order valence-electron chi connectivity index (χ4n) is 11.2. The van der Waals surface area contributed by atoms with Gasteiger partial charge in [0.1, 0.15) is 19.3 Å². The predicted octanol–water partition coefficient (Wildman–Crippen LogP) is 21.6. The Morgan fingerprint density at radius 1 is 0.301 bits per heavy atom. The number of aliphatic hydroxyl groups excluding tert-OH is 1. The van der Waals surface area contributed by atoms with Crippen LogP contribution in [0.5, 0.6) is 0 Å². The summed E-state index contributed by atoms with van der Waals surface area (Å²) < 4.78 is 68.4. The first-order chi connectivity index (χ1) is 44.9. The van der Waals surface area contributed by atoms with Gasteiger partial charge >= 0.3 is 39.5 Å². The molecule has 17 nitrogen and oxygen atoms in total. The first-order valence-electron chi connectivity index (χ1n) is 38.6. The van der Waals surface area contributed by atoms with Crippen LogP contribution in [0.25, 0.3) is 0 Å². The molecule has 552 valence electrons. The molecular formula is C74H144O17P2. The maximum Gasteiger partial charge on any atom is 0.472 e. The maximum atomic E-state index is 13.1. The van der Waals surface area contributed by atoms with Crippen LogP contribution in [-0.4, -0.2) is 96.7 Å². The van der Waals surface area contributed by atoms with Crippen molar-refractivity contribution in [2.45, 2.75) is 400 Å². The smallest absolute Gasteiger partial charge is 0.462 e. The molecule has 19 heteroatoms. The number of phosphoric ester groups is 2. The Hall–Kier alpha value is -1.94. The highest BCUT2D eigenvalue weighted by molar-refractivity contribution is 7.47. The van der Waals surface area contributed by atoms with Gasteiger partial charge < -0.3 is 33.8 Å². The van der Waals surface area contributed by atoms with E-state index in [1.54, 1.807) is 0 Å². The van der Waals surface area contributed by atoms with Gasteiger partial charge in [0.25, 0.3) is 0 Å². The second-order valence-electron chi connectivity index (χ2n) is 27.2. The molecule has 0 bridgehead atoms. The Morgan fingerprint density at radius 3 is 0.763 bits per heavy atom. The predicted molar refractivity (Wildman–Crippen MR) is 377 cm³/mol. The third-order valence-corrected chi connectivity index (χ3v) is 19.8. The summed E-state index contributed by atoms with van der Waals surface area (Å²) >= 11 is 0. The van der Waals surface area contributed by atoms with Crippen molar-refractivity contribution in [3.05, 3.63) is 0 Å². The van der Waals surface area contributed by atoms with Crippen LogP contribution in [0.3, 0.4) is 0 Å². The molecule has 3 N–H and O–H groups in total. The first-order valence-corrected chi connectivity index (χ1v) is 41.6. The highest BCUT2D eigenvalue weighted by Crippen LogP contribution is 2.45. The van der Waals surface area contributed by atoms with Crippen molar-refractivity contribution in [1.29, 1.82) is 0 Å². The van der Waals surface area contributed by atoms with Gasteiger partial charge in [0, 0.05) is 25.7 Å². The molecule has 0 amide bonds. The summed E-state index contributed by atoms with van der Waals surface area (Å²) in [7, 11) is -9.90. The summed E-state index contributed by atoms with van der Waals surface area (Å²) in [6, 6.07) is 0. The van der Waals surface area contributed by atoms with Crippen molar-refractivity contribution in [3.8, 4) is 0 Å². The molecule has 0 radical (unpaired) electrons. The lowest BCUT2D eigenvalue weighted by Gasteiger charge is -2.21. The Balaban J connectivity index is 5.20. The van der Waals surface area contributed by atoms with Crippen LogP contribution in [0.4, 0.5) is 0 Å². The molecule has 0 saturated carbocycles. The molecule has 0 aliphatic rings. The third-order valence-electron chi connectivity index (χ3n) is 17.9. The van der Waals surface area contributed by atoms with Crippen molar-refractivity contribution in [1.82, 2.24) is 0 Å². The Bertz CT molecular complexity index is 1810. The Kier molecular flexibility index (Phi) is 64.6. The number of hydrogen-bond donors (Lipinski definition) is 3. The lowest BCUT2D eigenvalue weighted by Crippen LogP contribution is -2.30. The van der Waals surface area contributed by atoms with Crippen molar-refractivity contribution < 1.29 is 80.2 Å². The van der Waals surface area contributed by atoms with Gasteiger partial charge in [-0.15, -0.1) is 0 Å². The van der Waals surface area contributed by atoms with Gasteiger partial charge in [0.15, 0.2) is 12.2 Å². The highest BCUT2D eigenvalue weighted by atomic mass is 31.2. The molecule has 0 spiro atoms. The zero-order chi connectivity index (χ0) is 68.6. The van der Waals surface area contributed by atoms with E-state index in [0.29, 0.717) is 25.7 Å². The maximum absolute atomic E-state index is 13.1. The van der Waals surface area contributed by atoms with E-state index in [2.05, 4.69) is 41.5 Å². The molecule has 7 atom stereocenters. The average Bonchev–Trinajstić information content (AvgIpc) is 2.21. The van der Waals surface area contributed by atoms with Crippen LogP contribution >= 0.6 is 15.6 Å². The quantitative estimate of drug-likeness (QED) is 0.0222. The van der Waals surface area contributed by atoms with Crippen LogP contribution in [0.15, 0.2) is 0 Å². The monoisotopic (exact) mass is 1370 g/mol. The molecule has 0 aromatic heterocycles. The first kappa shape index (κ1) is 91.1. The topological polar surface area (TPSA) is 237 Å². The standard InChI is InChI=1S/C74H144O17P2/c1-7-11-13-15-17-18-19-20-24-27-34-40-46-52-58-73(78)90-69(62-84-71(76)56-50-44-36-16-14-12-8-2)64-88-92(80,81)86-60-68(75)61-87-93(82,83)89-65-70(63-85-72(77)57-51-45-39-33-30-29-32-38-43-49-55-67(6)10-4)91-74(79)59-53-47-41-35-28-25-22-21-23-26-31-37-42-48-54-66(5)9-3/h66-70,75H,7-65H2,1-6H3,(H,80,81)(H,82,83)/t66?,67?,68-,69+,70+/m0/s1. The summed E-state index contributed by atoms with van der Waals surface area (Å²) in [5, 5.41) is 10.6. The van der Waals surface area contributed by atoms with Crippen molar-refractivity contribution in [2.24, 2.45) is 11.8 Å². The van der Waals surface area contributed by atoms with Gasteiger partial charge in [0.05, 0.1) is 26.4 Å². The molecule has 0 saturated heterocycles. The molecule has 0 aromatic rings. The number of esters is 4. The second kappa shape index (κ2) is 66.0. The summed E-state index contributed by atoms with van der Waals surface area (Å²) in [4.78, 5) is 72.6. The number of rotatable bonds is 73. The van der Waals surface area contributed by atoms with Crippen LogP contribution in [0, 0.1) is 11.8 Å². The van der Waals surface area contributed by atoms with Crippen LogP contribution in [-0.2, 0) is 65.4 Å². The van der Waals surface area contributed by atoms with E-state index < -0.39 is 97.5 Å². The number of ether oxygens (including phenoxy) is 4. The highest BCUT2D eigenvalue weighted by Gasteiger charge is 2.30. The van der Waals surface area contributed by atoms with Crippen molar-refractivity contribution in [2.75, 3.05) is 39.6 Å². The fraction of sp³-hybridized carbons (Fsp3) is 0.946. The lowest BCUT2D eigenvalue weighted by atomic mass is 9.99. The van der Waals surface area contributed by atoms with E-state index in [1.165, 1.54) is 186 Å². The van der Waals surface area contributed by atoms with Gasteiger partial charge in [0.2, 0.25) is 0 Å². The minimum absolute atomic E-state index is 0.107. The molecule has 0 fully saturated rings. The molecule has 0 aliphatic carbocycles. The fourth-order valence-corrected chi connectivity index (χ4v) is 12.8. The van der Waals surface area contributed by atoms with E-state index in [4.69, 9.17) is 37.0 Å². The molecule has 0 aromatic carbocycles. The van der Waals surface area contributed by atoms with E-state index >= 15 is 0 Å². The summed E-state index contributed by atoms with van der Waals surface area (Å²) in [6.07, 6.45) is 52.6. The van der Waals surface area contributed by atoms with Gasteiger partial charge in [-0.2, -0.15) is 0 Å². The molecule has 0 rings (SSSR count). The van der Waals surface area contributed by atoms with Gasteiger partial charge in [-0.25, -0.2) is 9.13 Å². The Labute approximate surface area is 568 Å². The van der Waals surface area contributed by atoms with Gasteiger partial charge in [-0.3, -0.25) is 37.3 Å². The number of carbonyl (C=O) groups is 4. The SMILES string of the molecule is CCCCCCCCCCCCCCCCC(=O)O[C@H](COC(=O)CCCCCCCCC)COP(=O)(O)OC[C@H](O)COP(=O)(O)OC[C@@H](COC(=O)CCCCCCCCCCCCC(C)CC)OC(=O)CCCCCCCCCCCCCCCCC(C)CC. The van der Waals surface area contributed by atoms with Gasteiger partial charge in [-0.1, -0.05) is 330 Å². The third kappa shape index (κ3) is 65.8. The molecule has 93 heavy (non-hydrogen) atoms. The number of phosphoric acid groups is 2. The number of aliphatic hydroxyl groups is 1. The zero-order valence-electron chi connectivity index (χ0n) is 60.6. The number of unbranched alkanes of at least 4 members (excludes halogenated alkanes) is 41. The minimum atomic E-state index is -4.95. The van der Waals surface area contributed by atoms with Crippen LogP contribution < -0.4 is 0 Å². The largest absolute Gasteiger partial charge is 0.472 e. The summed E-state index contributed by atoms with van der Waals surface area (Å²) in [5.74, 6) is -0.466. The summed E-state index contributed by atoms with van der Waals surface area (Å²) in [6.45, 7) is 9.63. The van der Waals surface area contributed by atoms with Crippen LogP contribution in [0.1, 0.15) is 382 Å². The minimum Gasteiger partial charge on any atom is -0.462 e. The lowest BCUT2D eigenvalue weighted by molar-refractivity contribution is -0.161.